The first kappa shape index (κ1) is 22.8. The summed E-state index contributed by atoms with van der Waals surface area (Å²) in [7, 11) is 0. The first-order valence-corrected chi connectivity index (χ1v) is 9.49. The van der Waals surface area contributed by atoms with Crippen molar-refractivity contribution < 1.29 is 28.2 Å². The monoisotopic (exact) mass is 459 g/mol. The molecule has 0 amide bonds. The van der Waals surface area contributed by atoms with Gasteiger partial charge in [0.15, 0.2) is 5.11 Å². The molecule has 0 saturated carbocycles. The van der Waals surface area contributed by atoms with Gasteiger partial charge < -0.3 is 15.5 Å². The largest absolute Gasteiger partial charge is 0.507 e. The van der Waals surface area contributed by atoms with Crippen LogP contribution < -0.4 is 10.7 Å². The number of carboxylic acid groups (broad SMARTS) is 1. The van der Waals surface area contributed by atoms with Crippen LogP contribution in [0.15, 0.2) is 71.8 Å². The van der Waals surface area contributed by atoms with Crippen molar-refractivity contribution in [1.29, 1.82) is 0 Å². The second-order valence-electron chi connectivity index (χ2n) is 6.53. The minimum Gasteiger partial charge on any atom is -0.507 e. The highest BCUT2D eigenvalue weighted by atomic mass is 32.1. The molecule has 3 aromatic carbocycles. The number of nitrogens with zero attached hydrogens (tertiary/aromatic N) is 1. The number of rotatable bonds is 5. The zero-order chi connectivity index (χ0) is 23.3. The number of carboxylic acids is 1. The van der Waals surface area contributed by atoms with Crippen molar-refractivity contribution >= 4 is 35.2 Å². The number of hydrogen-bond donors (Lipinski definition) is 4. The fourth-order valence-corrected chi connectivity index (χ4v) is 2.95. The number of halogens is 3. The van der Waals surface area contributed by atoms with Crippen LogP contribution in [0, 0.1) is 0 Å². The van der Waals surface area contributed by atoms with Gasteiger partial charge in [-0.25, -0.2) is 4.79 Å². The molecule has 0 aliphatic carbocycles. The van der Waals surface area contributed by atoms with E-state index < -0.39 is 17.7 Å². The van der Waals surface area contributed by atoms with Gasteiger partial charge in [-0.2, -0.15) is 18.3 Å². The molecule has 0 aliphatic heterocycles. The summed E-state index contributed by atoms with van der Waals surface area (Å²) in [5.41, 5.74) is 3.09. The van der Waals surface area contributed by atoms with Gasteiger partial charge in [-0.15, -0.1) is 0 Å². The summed E-state index contributed by atoms with van der Waals surface area (Å²) in [6.07, 6.45) is -3.22. The predicted octanol–water partition coefficient (Wildman–Crippen LogP) is 5.10. The molecule has 10 heteroatoms. The van der Waals surface area contributed by atoms with Crippen LogP contribution in [-0.4, -0.2) is 27.5 Å². The number of aromatic hydroxyl groups is 1. The molecule has 0 atom stereocenters. The number of phenolic OH excluding ortho intramolecular Hbond substituents is 1. The first-order valence-electron chi connectivity index (χ1n) is 9.08. The Balaban J connectivity index is 1.70. The third kappa shape index (κ3) is 5.61. The zero-order valence-electron chi connectivity index (χ0n) is 16.2. The highest BCUT2D eigenvalue weighted by Crippen LogP contribution is 2.36. The molecular formula is C22H16F3N3O3S. The summed E-state index contributed by atoms with van der Waals surface area (Å²) in [6.45, 7) is 0. The van der Waals surface area contributed by atoms with Crippen molar-refractivity contribution in [3.8, 4) is 16.9 Å². The van der Waals surface area contributed by atoms with Gasteiger partial charge in [0.1, 0.15) is 5.75 Å². The molecule has 0 heterocycles. The van der Waals surface area contributed by atoms with Crippen molar-refractivity contribution in [3.05, 3.63) is 83.4 Å². The third-order valence-corrected chi connectivity index (χ3v) is 4.52. The minimum absolute atomic E-state index is 0.109. The van der Waals surface area contributed by atoms with Gasteiger partial charge in [0.25, 0.3) is 0 Å². The number of carbonyl (C=O) groups is 1. The molecule has 6 nitrogen and oxygen atoms in total. The van der Waals surface area contributed by atoms with Crippen molar-refractivity contribution in [2.24, 2.45) is 5.10 Å². The zero-order valence-corrected chi connectivity index (χ0v) is 17.0. The predicted molar refractivity (Wildman–Crippen MR) is 119 cm³/mol. The lowest BCUT2D eigenvalue weighted by Crippen LogP contribution is -2.23. The molecule has 0 fully saturated rings. The second-order valence-corrected chi connectivity index (χ2v) is 6.94. The number of alkyl halides is 3. The smallest absolute Gasteiger partial charge is 0.416 e. The van der Waals surface area contributed by atoms with Crippen LogP contribution in [0.3, 0.4) is 0 Å². The lowest BCUT2D eigenvalue weighted by molar-refractivity contribution is -0.137. The fourth-order valence-electron chi connectivity index (χ4n) is 2.78. The minimum atomic E-state index is -4.49. The molecule has 4 N–H and O–H groups in total. The Morgan fingerprint density at radius 1 is 1.03 bits per heavy atom. The van der Waals surface area contributed by atoms with Crippen LogP contribution in [0.5, 0.6) is 5.75 Å². The second kappa shape index (κ2) is 9.48. The average Bonchev–Trinajstić information content (AvgIpc) is 2.75. The van der Waals surface area contributed by atoms with Gasteiger partial charge in [-0.1, -0.05) is 24.3 Å². The molecule has 0 radical (unpaired) electrons. The maximum atomic E-state index is 13.0. The summed E-state index contributed by atoms with van der Waals surface area (Å²) < 4.78 is 38.9. The van der Waals surface area contributed by atoms with E-state index in [1.54, 1.807) is 12.1 Å². The highest BCUT2D eigenvalue weighted by Gasteiger charge is 2.30. The number of para-hydroxylation sites is 1. The Morgan fingerprint density at radius 2 is 1.72 bits per heavy atom. The molecule has 0 aliphatic rings. The van der Waals surface area contributed by atoms with E-state index in [4.69, 9.17) is 17.3 Å². The van der Waals surface area contributed by atoms with Gasteiger partial charge in [0.2, 0.25) is 0 Å². The average molecular weight is 459 g/mol. The molecule has 3 rings (SSSR count). The van der Waals surface area contributed by atoms with Crippen LogP contribution in [-0.2, 0) is 6.18 Å². The Hall–Kier alpha value is -3.92. The van der Waals surface area contributed by atoms with E-state index in [2.05, 4.69) is 15.8 Å². The number of nitrogens with one attached hydrogen (secondary N) is 2. The van der Waals surface area contributed by atoms with Gasteiger partial charge in [-0.3, -0.25) is 5.43 Å². The number of anilines is 1. The molecule has 0 bridgehead atoms. The normalized spacial score (nSPS) is 11.3. The summed E-state index contributed by atoms with van der Waals surface area (Å²) in [5.74, 6) is -1.28. The third-order valence-electron chi connectivity index (χ3n) is 4.33. The quantitative estimate of drug-likeness (QED) is 0.241. The van der Waals surface area contributed by atoms with Crippen LogP contribution in [0.25, 0.3) is 11.1 Å². The van der Waals surface area contributed by atoms with Crippen LogP contribution in [0.1, 0.15) is 21.5 Å². The van der Waals surface area contributed by atoms with E-state index >= 15 is 0 Å². The Kier molecular flexibility index (Phi) is 6.74. The topological polar surface area (TPSA) is 94.0 Å². The number of hydrazone groups is 1. The lowest BCUT2D eigenvalue weighted by atomic mass is 10.00. The number of hydrogen-bond acceptors (Lipinski definition) is 4. The van der Waals surface area contributed by atoms with Gasteiger partial charge in [-0.05, 0) is 60.2 Å². The molecule has 0 aromatic heterocycles. The van der Waals surface area contributed by atoms with E-state index in [1.807, 2.05) is 0 Å². The molecular weight excluding hydrogens is 443 g/mol. The summed E-state index contributed by atoms with van der Waals surface area (Å²) in [5, 5.41) is 26.3. The number of thiocarbonyl (C=S) groups is 1. The molecule has 0 unspecified atom stereocenters. The van der Waals surface area contributed by atoms with Crippen molar-refractivity contribution in [2.75, 3.05) is 5.32 Å². The number of aromatic carboxylic acids is 1. The molecule has 32 heavy (non-hydrogen) atoms. The summed E-state index contributed by atoms with van der Waals surface area (Å²) >= 11 is 5.10. The Morgan fingerprint density at radius 3 is 2.38 bits per heavy atom. The number of benzene rings is 3. The van der Waals surface area contributed by atoms with Crippen LogP contribution >= 0.6 is 12.2 Å². The molecule has 164 valence electrons. The Labute approximate surface area is 186 Å². The van der Waals surface area contributed by atoms with Gasteiger partial charge >= 0.3 is 12.1 Å². The standard InChI is InChI=1S/C22H16F3N3O3S/c23-22(24,25)16-5-1-3-14(11-16)18-6-2-4-15(19(18)29)12-26-28-21(32)27-17-9-7-13(8-10-17)20(30)31/h1-12,29H,(H,30,31)(H2,27,28,32)/b26-12-. The maximum absolute atomic E-state index is 13.0. The van der Waals surface area contributed by atoms with E-state index in [9.17, 15) is 23.1 Å². The molecule has 0 saturated heterocycles. The van der Waals surface area contributed by atoms with Crippen molar-refractivity contribution in [2.45, 2.75) is 6.18 Å². The SMILES string of the molecule is O=C(O)c1ccc(NC(=S)N/N=C\c2cccc(-c3cccc(C(F)(F)F)c3)c2O)cc1. The van der Waals surface area contributed by atoms with Crippen LogP contribution in [0.4, 0.5) is 18.9 Å². The first-order chi connectivity index (χ1) is 15.1. The fraction of sp³-hybridized carbons (Fsp3) is 0.0455. The molecule has 0 spiro atoms. The molecule has 3 aromatic rings. The number of phenols is 1. The van der Waals surface area contributed by atoms with E-state index in [-0.39, 0.29) is 33.1 Å². The van der Waals surface area contributed by atoms with E-state index in [1.165, 1.54) is 48.7 Å². The van der Waals surface area contributed by atoms with Gasteiger partial charge in [0.05, 0.1) is 17.3 Å². The summed E-state index contributed by atoms with van der Waals surface area (Å²) in [4.78, 5) is 10.9. The van der Waals surface area contributed by atoms with Gasteiger partial charge in [0, 0.05) is 16.8 Å². The maximum Gasteiger partial charge on any atom is 0.416 e. The van der Waals surface area contributed by atoms with Crippen LogP contribution in [0.2, 0.25) is 0 Å². The van der Waals surface area contributed by atoms with Crippen molar-refractivity contribution in [3.63, 3.8) is 0 Å². The lowest BCUT2D eigenvalue weighted by Gasteiger charge is -2.11. The van der Waals surface area contributed by atoms with Crippen molar-refractivity contribution in [1.82, 2.24) is 5.43 Å². The van der Waals surface area contributed by atoms with E-state index in [0.29, 0.717) is 5.69 Å². The summed E-state index contributed by atoms with van der Waals surface area (Å²) in [6, 6.07) is 15.2. The van der Waals surface area contributed by atoms with E-state index in [0.717, 1.165) is 12.1 Å². The highest BCUT2D eigenvalue weighted by molar-refractivity contribution is 7.80. The Bertz CT molecular complexity index is 1180.